The zero-order valence-electron chi connectivity index (χ0n) is 10.6. The van der Waals surface area contributed by atoms with Crippen molar-refractivity contribution in [3.05, 3.63) is 0 Å². The summed E-state index contributed by atoms with van der Waals surface area (Å²) in [5.74, 6) is 0.483. The highest BCUT2D eigenvalue weighted by Crippen LogP contribution is 2.13. The number of hydrogen-bond donors (Lipinski definition) is 0. The molecular weight excluding hydrogens is 248 g/mol. The number of alkyl halides is 1. The third-order valence-corrected chi connectivity index (χ3v) is 5.05. The minimum Gasteiger partial charge on any atom is -0.195 e. The molecule has 0 saturated carbocycles. The molecule has 0 amide bonds. The Morgan fingerprint density at radius 1 is 1.19 bits per heavy atom. The summed E-state index contributed by atoms with van der Waals surface area (Å²) in [5, 5.41) is 0. The molecule has 0 rings (SSSR count). The van der Waals surface area contributed by atoms with Crippen molar-refractivity contribution >= 4 is 21.8 Å². The molecule has 0 aromatic carbocycles. The first-order chi connectivity index (χ1) is 7.41. The van der Waals surface area contributed by atoms with Gasteiger partial charge in [-0.15, -0.1) is 11.6 Å². The second-order valence-electron chi connectivity index (χ2n) is 3.84. The summed E-state index contributed by atoms with van der Waals surface area (Å²) in [6.07, 6.45) is 0.681. The van der Waals surface area contributed by atoms with Gasteiger partial charge in [-0.1, -0.05) is 13.8 Å². The standard InChI is InChI=1S/C10H23ClN2O2S/c1-5-12(6-2)16(14,15)13(10(3)4)9-7-8-11/h10H,5-9H2,1-4H3. The van der Waals surface area contributed by atoms with E-state index in [0.29, 0.717) is 31.9 Å². The number of rotatable bonds is 8. The van der Waals surface area contributed by atoms with Crippen LogP contribution in [-0.2, 0) is 10.2 Å². The van der Waals surface area contributed by atoms with Crippen LogP contribution in [0.2, 0.25) is 0 Å². The first kappa shape index (κ1) is 16.2. The monoisotopic (exact) mass is 270 g/mol. The minimum absolute atomic E-state index is 0.0335. The van der Waals surface area contributed by atoms with Crippen LogP contribution >= 0.6 is 11.6 Å². The van der Waals surface area contributed by atoms with Crippen molar-refractivity contribution in [3.63, 3.8) is 0 Å². The highest BCUT2D eigenvalue weighted by atomic mass is 35.5. The molecule has 0 aromatic rings. The fourth-order valence-corrected chi connectivity index (χ4v) is 3.52. The second-order valence-corrected chi connectivity index (χ2v) is 6.10. The molecule has 6 heteroatoms. The van der Waals surface area contributed by atoms with E-state index in [-0.39, 0.29) is 6.04 Å². The summed E-state index contributed by atoms with van der Waals surface area (Å²) in [6.45, 7) is 8.96. The molecule has 0 aliphatic rings. The van der Waals surface area contributed by atoms with Crippen LogP contribution in [0.3, 0.4) is 0 Å². The van der Waals surface area contributed by atoms with Crippen LogP contribution in [0, 0.1) is 0 Å². The van der Waals surface area contributed by atoms with Crippen LogP contribution in [0.15, 0.2) is 0 Å². The predicted octanol–water partition coefficient (Wildman–Crippen LogP) is 1.91. The van der Waals surface area contributed by atoms with Gasteiger partial charge in [-0.05, 0) is 20.3 Å². The van der Waals surface area contributed by atoms with Crippen molar-refractivity contribution in [2.45, 2.75) is 40.2 Å². The zero-order chi connectivity index (χ0) is 12.8. The second kappa shape index (κ2) is 7.48. The predicted molar refractivity (Wildman–Crippen MR) is 69.0 cm³/mol. The van der Waals surface area contributed by atoms with Gasteiger partial charge in [0.25, 0.3) is 10.2 Å². The van der Waals surface area contributed by atoms with E-state index in [0.717, 1.165) is 0 Å². The van der Waals surface area contributed by atoms with E-state index in [9.17, 15) is 8.42 Å². The smallest absolute Gasteiger partial charge is 0.195 e. The summed E-state index contributed by atoms with van der Waals surface area (Å²) in [7, 11) is -3.33. The Labute approximate surface area is 105 Å². The van der Waals surface area contributed by atoms with E-state index in [4.69, 9.17) is 11.6 Å². The van der Waals surface area contributed by atoms with E-state index in [1.54, 1.807) is 0 Å². The molecule has 0 aliphatic heterocycles. The van der Waals surface area contributed by atoms with Gasteiger partial charge in [0.1, 0.15) is 0 Å². The average Bonchev–Trinajstić information content (AvgIpc) is 2.18. The van der Waals surface area contributed by atoms with Gasteiger partial charge in [0.15, 0.2) is 0 Å². The maximum atomic E-state index is 12.2. The molecule has 0 saturated heterocycles. The molecular formula is C10H23ClN2O2S. The average molecular weight is 271 g/mol. The van der Waals surface area contributed by atoms with E-state index in [2.05, 4.69) is 0 Å². The van der Waals surface area contributed by atoms with Gasteiger partial charge in [0, 0.05) is 31.6 Å². The summed E-state index contributed by atoms with van der Waals surface area (Å²) in [5.41, 5.74) is 0. The number of halogens is 1. The van der Waals surface area contributed by atoms with E-state index in [1.165, 1.54) is 8.61 Å². The van der Waals surface area contributed by atoms with Gasteiger partial charge in [-0.3, -0.25) is 0 Å². The summed E-state index contributed by atoms with van der Waals surface area (Å²) >= 11 is 5.61. The highest BCUT2D eigenvalue weighted by Gasteiger charge is 2.29. The van der Waals surface area contributed by atoms with E-state index < -0.39 is 10.2 Å². The Morgan fingerprint density at radius 2 is 1.69 bits per heavy atom. The molecule has 0 N–H and O–H groups in total. The molecule has 0 spiro atoms. The van der Waals surface area contributed by atoms with Gasteiger partial charge in [-0.2, -0.15) is 17.0 Å². The quantitative estimate of drug-likeness (QED) is 0.632. The van der Waals surface area contributed by atoms with Gasteiger partial charge in [0.05, 0.1) is 0 Å². The molecule has 4 nitrogen and oxygen atoms in total. The summed E-state index contributed by atoms with van der Waals surface area (Å²) in [4.78, 5) is 0. The Balaban J connectivity index is 4.88. The van der Waals surface area contributed by atoms with Crippen molar-refractivity contribution in [2.24, 2.45) is 0 Å². The molecule has 16 heavy (non-hydrogen) atoms. The van der Waals surface area contributed by atoms with Crippen LogP contribution in [-0.4, -0.2) is 48.6 Å². The summed E-state index contributed by atoms with van der Waals surface area (Å²) in [6, 6.07) is -0.0335. The zero-order valence-corrected chi connectivity index (χ0v) is 12.2. The Hall–Kier alpha value is 0.160. The fourth-order valence-electron chi connectivity index (χ4n) is 1.55. The lowest BCUT2D eigenvalue weighted by Crippen LogP contribution is -2.47. The van der Waals surface area contributed by atoms with E-state index >= 15 is 0 Å². The molecule has 0 aromatic heterocycles. The van der Waals surface area contributed by atoms with Gasteiger partial charge >= 0.3 is 0 Å². The summed E-state index contributed by atoms with van der Waals surface area (Å²) < 4.78 is 27.5. The lowest BCUT2D eigenvalue weighted by molar-refractivity contribution is 0.311. The van der Waals surface area contributed by atoms with Crippen LogP contribution in [0.25, 0.3) is 0 Å². The van der Waals surface area contributed by atoms with Crippen molar-refractivity contribution in [2.75, 3.05) is 25.5 Å². The van der Waals surface area contributed by atoms with Crippen molar-refractivity contribution in [3.8, 4) is 0 Å². The number of nitrogens with zero attached hydrogens (tertiary/aromatic N) is 2. The van der Waals surface area contributed by atoms with Crippen molar-refractivity contribution in [1.82, 2.24) is 8.61 Å². The maximum Gasteiger partial charge on any atom is 0.282 e. The van der Waals surface area contributed by atoms with Gasteiger partial charge in [0.2, 0.25) is 0 Å². The first-order valence-electron chi connectivity index (χ1n) is 5.74. The third-order valence-electron chi connectivity index (χ3n) is 2.42. The molecule has 98 valence electrons. The maximum absolute atomic E-state index is 12.2. The van der Waals surface area contributed by atoms with Crippen LogP contribution < -0.4 is 0 Å². The Kier molecular flexibility index (Phi) is 7.55. The normalized spacial score (nSPS) is 13.0. The lowest BCUT2D eigenvalue weighted by atomic mass is 10.4. The SMILES string of the molecule is CCN(CC)S(=O)(=O)N(CCCCl)C(C)C. The van der Waals surface area contributed by atoms with Gasteiger partial charge in [-0.25, -0.2) is 0 Å². The molecule has 0 atom stereocenters. The molecule has 0 aliphatic carbocycles. The Morgan fingerprint density at radius 3 is 2.00 bits per heavy atom. The molecule has 0 fully saturated rings. The fraction of sp³-hybridized carbons (Fsp3) is 1.00. The minimum atomic E-state index is -3.33. The lowest BCUT2D eigenvalue weighted by Gasteiger charge is -2.31. The van der Waals surface area contributed by atoms with Crippen LogP contribution in [0.4, 0.5) is 0 Å². The number of hydrogen-bond acceptors (Lipinski definition) is 2. The highest BCUT2D eigenvalue weighted by molar-refractivity contribution is 7.86. The molecule has 0 radical (unpaired) electrons. The molecule has 0 bridgehead atoms. The first-order valence-corrected chi connectivity index (χ1v) is 7.67. The van der Waals surface area contributed by atoms with Crippen LogP contribution in [0.1, 0.15) is 34.1 Å². The largest absolute Gasteiger partial charge is 0.282 e. The Bertz CT molecular complexity index is 277. The molecule has 0 heterocycles. The topological polar surface area (TPSA) is 40.6 Å². The van der Waals surface area contributed by atoms with Crippen molar-refractivity contribution in [1.29, 1.82) is 0 Å². The third kappa shape index (κ3) is 4.20. The molecule has 0 unspecified atom stereocenters. The van der Waals surface area contributed by atoms with Crippen LogP contribution in [0.5, 0.6) is 0 Å². The van der Waals surface area contributed by atoms with Crippen molar-refractivity contribution < 1.29 is 8.42 Å². The van der Waals surface area contributed by atoms with Gasteiger partial charge < -0.3 is 0 Å². The van der Waals surface area contributed by atoms with E-state index in [1.807, 2.05) is 27.7 Å².